The summed E-state index contributed by atoms with van der Waals surface area (Å²) in [5.41, 5.74) is 2.22. The van der Waals surface area contributed by atoms with Gasteiger partial charge in [0.15, 0.2) is 0 Å². The van der Waals surface area contributed by atoms with Crippen LogP contribution in [0.4, 0.5) is 0 Å². The van der Waals surface area contributed by atoms with Crippen LogP contribution in [0.2, 0.25) is 0 Å². The molecule has 0 saturated heterocycles. The van der Waals surface area contributed by atoms with Gasteiger partial charge in [0.25, 0.3) is 0 Å². The molecule has 0 amide bonds. The molecule has 3 heteroatoms. The lowest BCUT2D eigenvalue weighted by molar-refractivity contribution is 0.0144. The predicted octanol–water partition coefficient (Wildman–Crippen LogP) is 2.30. The predicted molar refractivity (Wildman–Crippen MR) is 58.7 cm³/mol. The number of rotatable bonds is 0. The molecule has 0 bridgehead atoms. The van der Waals surface area contributed by atoms with E-state index in [-0.39, 0.29) is 5.54 Å². The summed E-state index contributed by atoms with van der Waals surface area (Å²) in [6.07, 6.45) is 0. The fourth-order valence-corrected chi connectivity index (χ4v) is 2.19. The molecule has 1 aromatic heterocycles. The van der Waals surface area contributed by atoms with Gasteiger partial charge in [-0.15, -0.1) is 0 Å². The number of nitrogens with zero attached hydrogens (tertiary/aromatic N) is 2. The smallest absolute Gasteiger partial charge is 0.0927 e. The highest BCUT2D eigenvalue weighted by molar-refractivity contribution is 5.81. The summed E-state index contributed by atoms with van der Waals surface area (Å²) in [6, 6.07) is 8.23. The second kappa shape index (κ2) is 2.83. The van der Waals surface area contributed by atoms with Crippen LogP contribution in [0, 0.1) is 0 Å². The first-order valence-corrected chi connectivity index (χ1v) is 5.23. The zero-order valence-electron chi connectivity index (χ0n) is 9.03. The summed E-state index contributed by atoms with van der Waals surface area (Å²) < 4.78 is 7.73. The van der Waals surface area contributed by atoms with Gasteiger partial charge in [-0.25, -0.2) is 0 Å². The van der Waals surface area contributed by atoms with Crippen LogP contribution in [-0.4, -0.2) is 16.4 Å². The topological polar surface area (TPSA) is 27.1 Å². The van der Waals surface area contributed by atoms with E-state index in [1.54, 1.807) is 0 Å². The van der Waals surface area contributed by atoms with E-state index < -0.39 is 0 Å². The fourth-order valence-electron chi connectivity index (χ4n) is 2.19. The maximum absolute atomic E-state index is 5.62. The van der Waals surface area contributed by atoms with Crippen molar-refractivity contribution >= 4 is 10.9 Å². The molecule has 0 radical (unpaired) electrons. The highest BCUT2D eigenvalue weighted by Gasteiger charge is 2.29. The number of hydrogen-bond donors (Lipinski definition) is 0. The second-order valence-electron chi connectivity index (χ2n) is 4.68. The largest absolute Gasteiger partial charge is 0.373 e. The van der Waals surface area contributed by atoms with Crippen molar-refractivity contribution in [3.05, 3.63) is 30.0 Å². The Bertz CT molecular complexity index is 513. The molecule has 0 fully saturated rings. The van der Waals surface area contributed by atoms with E-state index in [1.165, 1.54) is 11.1 Å². The van der Waals surface area contributed by atoms with Crippen LogP contribution in [0.3, 0.4) is 0 Å². The Morgan fingerprint density at radius 2 is 2.13 bits per heavy atom. The third kappa shape index (κ3) is 1.20. The average molecular weight is 202 g/mol. The SMILES string of the molecule is CC1(C)COCc2c3ccccc3nn21. The standard InChI is InChI=1S/C12H14N2O/c1-12(2)8-15-7-11-9-5-3-4-6-10(9)13-14(11)12/h3-6H,7-8H2,1-2H3. The van der Waals surface area contributed by atoms with Crippen LogP contribution in [0.15, 0.2) is 24.3 Å². The minimum atomic E-state index is -0.0351. The highest BCUT2D eigenvalue weighted by Crippen LogP contribution is 2.29. The third-order valence-corrected chi connectivity index (χ3v) is 2.95. The van der Waals surface area contributed by atoms with Gasteiger partial charge in [-0.3, -0.25) is 4.68 Å². The molecule has 78 valence electrons. The molecule has 0 aliphatic carbocycles. The van der Waals surface area contributed by atoms with E-state index in [4.69, 9.17) is 4.74 Å². The summed E-state index contributed by atoms with van der Waals surface area (Å²) in [6.45, 7) is 5.71. The Kier molecular flexibility index (Phi) is 1.68. The van der Waals surface area contributed by atoms with Crippen molar-refractivity contribution in [2.75, 3.05) is 6.61 Å². The van der Waals surface area contributed by atoms with Crippen molar-refractivity contribution < 1.29 is 4.74 Å². The van der Waals surface area contributed by atoms with E-state index in [0.717, 1.165) is 12.1 Å². The van der Waals surface area contributed by atoms with Crippen LogP contribution in [0.25, 0.3) is 10.9 Å². The molecule has 0 spiro atoms. The minimum absolute atomic E-state index is 0.0351. The molecule has 2 heterocycles. The zero-order chi connectivity index (χ0) is 10.5. The maximum Gasteiger partial charge on any atom is 0.0927 e. The molecule has 2 aromatic rings. The maximum atomic E-state index is 5.62. The summed E-state index contributed by atoms with van der Waals surface area (Å²) in [7, 11) is 0. The Labute approximate surface area is 88.7 Å². The molecule has 0 N–H and O–H groups in total. The number of fused-ring (bicyclic) bond motifs is 3. The first kappa shape index (κ1) is 8.92. The van der Waals surface area contributed by atoms with Gasteiger partial charge in [-0.1, -0.05) is 18.2 Å². The zero-order valence-corrected chi connectivity index (χ0v) is 9.03. The van der Waals surface area contributed by atoms with Crippen molar-refractivity contribution in [1.82, 2.24) is 9.78 Å². The van der Waals surface area contributed by atoms with Gasteiger partial charge in [0.1, 0.15) is 0 Å². The molecule has 3 rings (SSSR count). The van der Waals surface area contributed by atoms with Crippen LogP contribution < -0.4 is 0 Å². The molecule has 0 unspecified atom stereocenters. The van der Waals surface area contributed by atoms with Crippen molar-refractivity contribution in [2.24, 2.45) is 0 Å². The van der Waals surface area contributed by atoms with Crippen LogP contribution in [-0.2, 0) is 16.9 Å². The van der Waals surface area contributed by atoms with Crippen molar-refractivity contribution in [3.63, 3.8) is 0 Å². The second-order valence-corrected chi connectivity index (χ2v) is 4.68. The normalized spacial score (nSPS) is 19.1. The number of ether oxygens (including phenoxy) is 1. The van der Waals surface area contributed by atoms with Gasteiger partial charge in [0.2, 0.25) is 0 Å². The molecule has 1 aromatic carbocycles. The molecule has 0 atom stereocenters. The van der Waals surface area contributed by atoms with Crippen LogP contribution in [0.5, 0.6) is 0 Å². The van der Waals surface area contributed by atoms with Gasteiger partial charge in [0.05, 0.1) is 30.0 Å². The number of hydrogen-bond acceptors (Lipinski definition) is 2. The molecule has 1 aliphatic rings. The summed E-state index contributed by atoms with van der Waals surface area (Å²) in [4.78, 5) is 0. The van der Waals surface area contributed by atoms with Gasteiger partial charge < -0.3 is 4.74 Å². The van der Waals surface area contributed by atoms with E-state index in [9.17, 15) is 0 Å². The quantitative estimate of drug-likeness (QED) is 0.655. The van der Waals surface area contributed by atoms with E-state index in [0.29, 0.717) is 6.61 Å². The van der Waals surface area contributed by atoms with Crippen molar-refractivity contribution in [2.45, 2.75) is 26.0 Å². The first-order chi connectivity index (χ1) is 7.18. The van der Waals surface area contributed by atoms with Gasteiger partial charge >= 0.3 is 0 Å². The van der Waals surface area contributed by atoms with Gasteiger partial charge in [-0.05, 0) is 19.9 Å². The molecule has 3 nitrogen and oxygen atoms in total. The minimum Gasteiger partial charge on any atom is -0.373 e. The molecule has 1 aliphatic heterocycles. The van der Waals surface area contributed by atoms with E-state index in [2.05, 4.69) is 35.8 Å². The lowest BCUT2D eigenvalue weighted by atomic mass is 10.1. The molecule has 15 heavy (non-hydrogen) atoms. The van der Waals surface area contributed by atoms with Crippen LogP contribution >= 0.6 is 0 Å². The van der Waals surface area contributed by atoms with Crippen LogP contribution in [0.1, 0.15) is 19.5 Å². The summed E-state index contributed by atoms with van der Waals surface area (Å²) >= 11 is 0. The first-order valence-electron chi connectivity index (χ1n) is 5.23. The third-order valence-electron chi connectivity index (χ3n) is 2.95. The molecular formula is C12H14N2O. The van der Waals surface area contributed by atoms with Crippen molar-refractivity contribution in [1.29, 1.82) is 0 Å². The lowest BCUT2D eigenvalue weighted by Gasteiger charge is -2.31. The summed E-state index contributed by atoms with van der Waals surface area (Å²) in [5.74, 6) is 0. The van der Waals surface area contributed by atoms with Crippen molar-refractivity contribution in [3.8, 4) is 0 Å². The Hall–Kier alpha value is -1.35. The molecule has 0 saturated carbocycles. The average Bonchev–Trinajstić information content (AvgIpc) is 2.58. The highest BCUT2D eigenvalue weighted by atomic mass is 16.5. The molecular weight excluding hydrogens is 188 g/mol. The monoisotopic (exact) mass is 202 g/mol. The van der Waals surface area contributed by atoms with Gasteiger partial charge in [0, 0.05) is 5.39 Å². The summed E-state index contributed by atoms with van der Waals surface area (Å²) in [5, 5.41) is 5.86. The van der Waals surface area contributed by atoms with Gasteiger partial charge in [-0.2, -0.15) is 5.10 Å². The Balaban J connectivity index is 2.34. The number of aromatic nitrogens is 2. The van der Waals surface area contributed by atoms with E-state index in [1.807, 2.05) is 12.1 Å². The number of benzene rings is 1. The Morgan fingerprint density at radius 3 is 3.00 bits per heavy atom. The lowest BCUT2D eigenvalue weighted by Crippen LogP contribution is -2.38. The fraction of sp³-hybridized carbons (Fsp3) is 0.417. The van der Waals surface area contributed by atoms with E-state index >= 15 is 0 Å². The Morgan fingerprint density at radius 1 is 1.33 bits per heavy atom.